The minimum absolute atomic E-state index is 0.103. The highest BCUT2D eigenvalue weighted by atomic mass is 19.1. The average Bonchev–Trinajstić information content (AvgIpc) is 3.05. The number of rotatable bonds is 7. The zero-order valence-corrected chi connectivity index (χ0v) is 15.2. The molecular weight excluding hydrogens is 351 g/mol. The fourth-order valence-electron chi connectivity index (χ4n) is 2.74. The zero-order valence-electron chi connectivity index (χ0n) is 15.2. The number of fused-ring (bicyclic) bond motifs is 1. The van der Waals surface area contributed by atoms with Gasteiger partial charge in [-0.1, -0.05) is 17.7 Å². The highest BCUT2D eigenvalue weighted by molar-refractivity contribution is 5.89. The van der Waals surface area contributed by atoms with Gasteiger partial charge in [-0.2, -0.15) is 14.4 Å². The van der Waals surface area contributed by atoms with Gasteiger partial charge in [0.2, 0.25) is 0 Å². The van der Waals surface area contributed by atoms with Crippen LogP contribution < -0.4 is 5.73 Å². The Kier molecular flexibility index (Phi) is 5.66. The van der Waals surface area contributed by atoms with Crippen LogP contribution in [-0.4, -0.2) is 40.3 Å². The summed E-state index contributed by atoms with van der Waals surface area (Å²) in [5, 5.41) is 0.594. The van der Waals surface area contributed by atoms with E-state index in [1.54, 1.807) is 36.1 Å². The molecule has 0 aliphatic carbocycles. The third-order valence-electron chi connectivity index (χ3n) is 4.33. The predicted octanol–water partition coefficient (Wildman–Crippen LogP) is 2.72. The van der Waals surface area contributed by atoms with Crippen molar-refractivity contribution < 1.29 is 18.7 Å². The SMILES string of the molecule is COC(CCn1ccc2c(N)nc(F)nc21)COC(=O)c1ccc(C)cc1. The zero-order chi connectivity index (χ0) is 19.4. The summed E-state index contributed by atoms with van der Waals surface area (Å²) in [4.78, 5) is 19.4. The lowest BCUT2D eigenvalue weighted by atomic mass is 10.1. The molecule has 2 N–H and O–H groups in total. The van der Waals surface area contributed by atoms with Crippen molar-refractivity contribution in [3.05, 3.63) is 53.7 Å². The smallest absolute Gasteiger partial charge is 0.338 e. The van der Waals surface area contributed by atoms with Gasteiger partial charge in [0.05, 0.1) is 17.1 Å². The van der Waals surface area contributed by atoms with E-state index >= 15 is 0 Å². The number of hydrogen-bond donors (Lipinski definition) is 1. The highest BCUT2D eigenvalue weighted by Crippen LogP contribution is 2.19. The maximum absolute atomic E-state index is 13.4. The number of carbonyl (C=O) groups excluding carboxylic acids is 1. The molecule has 0 saturated heterocycles. The summed E-state index contributed by atoms with van der Waals surface area (Å²) in [6, 6.07) is 8.90. The van der Waals surface area contributed by atoms with Crippen LogP contribution in [0.25, 0.3) is 11.0 Å². The van der Waals surface area contributed by atoms with Crippen LogP contribution in [0.4, 0.5) is 10.2 Å². The molecule has 1 unspecified atom stereocenters. The number of esters is 1. The van der Waals surface area contributed by atoms with Gasteiger partial charge in [-0.15, -0.1) is 0 Å². The molecule has 0 aliphatic heterocycles. The minimum atomic E-state index is -0.865. The molecular formula is C19H21FN4O3. The topological polar surface area (TPSA) is 92.3 Å². The molecule has 1 aromatic carbocycles. The van der Waals surface area contributed by atoms with Gasteiger partial charge in [-0.25, -0.2) is 4.79 Å². The lowest BCUT2D eigenvalue weighted by molar-refractivity contribution is 0.00671. The van der Waals surface area contributed by atoms with Crippen molar-refractivity contribution in [2.24, 2.45) is 0 Å². The van der Waals surface area contributed by atoms with Crippen molar-refractivity contribution in [2.75, 3.05) is 19.5 Å². The monoisotopic (exact) mass is 372 g/mol. The average molecular weight is 372 g/mol. The Morgan fingerprint density at radius 1 is 1.26 bits per heavy atom. The number of methoxy groups -OCH3 is 1. The first-order chi connectivity index (χ1) is 13.0. The highest BCUT2D eigenvalue weighted by Gasteiger charge is 2.15. The molecule has 0 spiro atoms. The molecule has 0 amide bonds. The second-order valence-electron chi connectivity index (χ2n) is 6.24. The number of nitrogen functional groups attached to an aromatic ring is 1. The number of nitrogens with two attached hydrogens (primary N) is 1. The third-order valence-corrected chi connectivity index (χ3v) is 4.33. The van der Waals surface area contributed by atoms with Crippen LogP contribution in [0.3, 0.4) is 0 Å². The van der Waals surface area contributed by atoms with Crippen LogP contribution in [-0.2, 0) is 16.0 Å². The molecule has 7 nitrogen and oxygen atoms in total. The van der Waals surface area contributed by atoms with Gasteiger partial charge in [0.15, 0.2) is 0 Å². The minimum Gasteiger partial charge on any atom is -0.459 e. The molecule has 27 heavy (non-hydrogen) atoms. The van der Waals surface area contributed by atoms with Crippen molar-refractivity contribution in [1.82, 2.24) is 14.5 Å². The molecule has 2 aromatic heterocycles. The molecule has 1 atom stereocenters. The van der Waals surface area contributed by atoms with Crippen molar-refractivity contribution in [3.8, 4) is 0 Å². The number of ether oxygens (including phenoxy) is 2. The quantitative estimate of drug-likeness (QED) is 0.506. The lowest BCUT2D eigenvalue weighted by Gasteiger charge is -2.16. The van der Waals surface area contributed by atoms with E-state index in [1.165, 1.54) is 0 Å². The van der Waals surface area contributed by atoms with Gasteiger partial charge < -0.3 is 19.8 Å². The summed E-state index contributed by atoms with van der Waals surface area (Å²) >= 11 is 0. The van der Waals surface area contributed by atoms with E-state index in [-0.39, 0.29) is 18.5 Å². The van der Waals surface area contributed by atoms with Gasteiger partial charge >= 0.3 is 12.0 Å². The molecule has 0 aliphatic rings. The molecule has 0 radical (unpaired) electrons. The number of carbonyl (C=O) groups is 1. The number of benzene rings is 1. The Hall–Kier alpha value is -3.00. The fraction of sp³-hybridized carbons (Fsp3) is 0.316. The van der Waals surface area contributed by atoms with Crippen LogP contribution in [0.1, 0.15) is 22.3 Å². The van der Waals surface area contributed by atoms with Crippen molar-refractivity contribution in [3.63, 3.8) is 0 Å². The second kappa shape index (κ2) is 8.13. The number of halogens is 1. The van der Waals surface area contributed by atoms with Gasteiger partial charge in [0, 0.05) is 19.9 Å². The van der Waals surface area contributed by atoms with E-state index in [0.717, 1.165) is 5.56 Å². The number of aromatic nitrogens is 3. The van der Waals surface area contributed by atoms with Gasteiger partial charge in [0.1, 0.15) is 18.1 Å². The summed E-state index contributed by atoms with van der Waals surface area (Å²) in [6.07, 6.45) is 1.14. The summed E-state index contributed by atoms with van der Waals surface area (Å²) in [5.41, 5.74) is 7.70. The van der Waals surface area contributed by atoms with Gasteiger partial charge in [-0.3, -0.25) is 0 Å². The normalized spacial score (nSPS) is 12.3. The van der Waals surface area contributed by atoms with Crippen molar-refractivity contribution in [1.29, 1.82) is 0 Å². The largest absolute Gasteiger partial charge is 0.459 e. The fourth-order valence-corrected chi connectivity index (χ4v) is 2.74. The third kappa shape index (κ3) is 4.40. The van der Waals surface area contributed by atoms with Gasteiger partial charge in [-0.05, 0) is 31.5 Å². The predicted molar refractivity (Wildman–Crippen MR) is 98.8 cm³/mol. The van der Waals surface area contributed by atoms with Crippen LogP contribution in [0.2, 0.25) is 0 Å². The first-order valence-electron chi connectivity index (χ1n) is 8.52. The lowest BCUT2D eigenvalue weighted by Crippen LogP contribution is -2.22. The number of hydrogen-bond acceptors (Lipinski definition) is 6. The van der Waals surface area contributed by atoms with E-state index in [9.17, 15) is 9.18 Å². The molecule has 2 heterocycles. The van der Waals surface area contributed by atoms with Crippen LogP contribution in [0.15, 0.2) is 36.5 Å². The van der Waals surface area contributed by atoms with E-state index < -0.39 is 12.0 Å². The number of anilines is 1. The van der Waals surface area contributed by atoms with Crippen LogP contribution in [0, 0.1) is 13.0 Å². The van der Waals surface area contributed by atoms with E-state index in [0.29, 0.717) is 29.6 Å². The Morgan fingerprint density at radius 3 is 2.70 bits per heavy atom. The maximum atomic E-state index is 13.4. The van der Waals surface area contributed by atoms with Crippen LogP contribution >= 0.6 is 0 Å². The molecule has 8 heteroatoms. The second-order valence-corrected chi connectivity index (χ2v) is 6.24. The molecule has 0 fully saturated rings. The van der Waals surface area contributed by atoms with Crippen molar-refractivity contribution in [2.45, 2.75) is 26.0 Å². The van der Waals surface area contributed by atoms with Crippen molar-refractivity contribution >= 4 is 22.8 Å². The summed E-state index contributed by atoms with van der Waals surface area (Å²) in [5.74, 6) is -0.294. The Balaban J connectivity index is 1.59. The van der Waals surface area contributed by atoms with E-state index in [2.05, 4.69) is 9.97 Å². The summed E-state index contributed by atoms with van der Waals surface area (Å²) in [6.45, 7) is 2.57. The van der Waals surface area contributed by atoms with E-state index in [4.69, 9.17) is 15.2 Å². The standard InChI is InChI=1S/C19H21FN4O3/c1-12-3-5-13(6-4-12)18(25)27-11-14(26-2)7-9-24-10-8-15-16(21)22-19(20)23-17(15)24/h3-6,8,10,14H,7,9,11H2,1-2H3,(H2,21,22,23). The molecule has 0 bridgehead atoms. The Morgan fingerprint density at radius 2 is 2.00 bits per heavy atom. The molecule has 142 valence electrons. The number of nitrogens with zero attached hydrogens (tertiary/aromatic N) is 3. The van der Waals surface area contributed by atoms with E-state index in [1.807, 2.05) is 19.1 Å². The maximum Gasteiger partial charge on any atom is 0.338 e. The molecule has 3 rings (SSSR count). The first-order valence-corrected chi connectivity index (χ1v) is 8.52. The number of aryl methyl sites for hydroxylation is 2. The Bertz CT molecular complexity index is 940. The molecule has 3 aromatic rings. The van der Waals surface area contributed by atoms with Crippen LogP contribution in [0.5, 0.6) is 0 Å². The first kappa shape index (κ1) is 18.8. The Labute approximate surface area is 155 Å². The molecule has 0 saturated carbocycles. The summed E-state index contributed by atoms with van der Waals surface area (Å²) < 4.78 is 25.9. The summed E-state index contributed by atoms with van der Waals surface area (Å²) in [7, 11) is 1.55. The van der Waals surface area contributed by atoms with Gasteiger partial charge in [0.25, 0.3) is 0 Å².